The molecule has 0 unspecified atom stereocenters. The number of quaternary nitrogens is 1. The van der Waals surface area contributed by atoms with Gasteiger partial charge in [-0.05, 0) is 67.6 Å². The summed E-state index contributed by atoms with van der Waals surface area (Å²) in [6.07, 6.45) is -11.5. The Labute approximate surface area is 228 Å². The fraction of sp³-hybridized carbons (Fsp3) is 0.571. The Bertz CT molecular complexity index is 1100. The molecule has 12 heteroatoms. The Kier molecular flexibility index (Phi) is 9.16. The molecule has 0 amide bonds. The summed E-state index contributed by atoms with van der Waals surface area (Å²) in [5, 5.41) is 12.6. The van der Waals surface area contributed by atoms with Crippen molar-refractivity contribution in [3.05, 3.63) is 75.7 Å². The highest BCUT2D eigenvalue weighted by Crippen LogP contribution is 2.42. The number of ether oxygens (including phenoxy) is 2. The number of hydrogen-bond acceptors (Lipinski definition) is 4. The van der Waals surface area contributed by atoms with Crippen molar-refractivity contribution in [3.63, 3.8) is 0 Å². The van der Waals surface area contributed by atoms with Gasteiger partial charge in [0.05, 0.1) is 43.5 Å². The third kappa shape index (κ3) is 7.33. The number of piperazine rings is 1. The maximum Gasteiger partial charge on any atom is 0.416 e. The van der Waals surface area contributed by atoms with Crippen LogP contribution >= 0.6 is 0 Å². The quantitative estimate of drug-likeness (QED) is 0.208. The van der Waals surface area contributed by atoms with Gasteiger partial charge in [-0.2, -0.15) is 26.3 Å². The summed E-state index contributed by atoms with van der Waals surface area (Å²) in [6.45, 7) is 6.68. The average molecular weight is 579 g/mol. The van der Waals surface area contributed by atoms with Crippen LogP contribution in [0, 0.1) is 16.9 Å². The molecule has 0 radical (unpaired) electrons. The number of nitrogens with zero attached hydrogens (tertiary/aromatic N) is 2. The molecule has 0 N–H and O–H groups in total. The Morgan fingerprint density at radius 1 is 1.00 bits per heavy atom. The predicted octanol–water partition coefficient (Wildman–Crippen LogP) is 6.74. The van der Waals surface area contributed by atoms with Gasteiger partial charge in [0.2, 0.25) is 0 Å². The second kappa shape index (κ2) is 11.9. The topological polar surface area (TPSA) is 44.8 Å². The second-order valence-electron chi connectivity index (χ2n) is 10.6. The van der Waals surface area contributed by atoms with Crippen molar-refractivity contribution >= 4 is 0 Å². The van der Waals surface area contributed by atoms with Crippen LogP contribution in [0.1, 0.15) is 54.5 Å². The smallest absolute Gasteiger partial charge is 0.416 e. The number of hydroxylamine groups is 3. The van der Waals surface area contributed by atoms with Crippen LogP contribution in [0.3, 0.4) is 0 Å². The first-order chi connectivity index (χ1) is 18.7. The van der Waals surface area contributed by atoms with Gasteiger partial charge in [0.15, 0.2) is 6.29 Å². The highest BCUT2D eigenvalue weighted by molar-refractivity contribution is 5.35. The van der Waals surface area contributed by atoms with Crippen LogP contribution in [0.15, 0.2) is 42.5 Å². The van der Waals surface area contributed by atoms with Crippen LogP contribution in [0.25, 0.3) is 0 Å². The van der Waals surface area contributed by atoms with Gasteiger partial charge >= 0.3 is 12.4 Å². The molecule has 2 aromatic carbocycles. The Hall–Kier alpha value is -2.25. The highest BCUT2D eigenvalue weighted by Gasteiger charge is 2.41. The maximum atomic E-state index is 13.7. The van der Waals surface area contributed by atoms with Crippen LogP contribution in [0.4, 0.5) is 30.7 Å². The van der Waals surface area contributed by atoms with Crippen LogP contribution < -0.4 is 0 Å². The molecule has 2 aromatic rings. The second-order valence-corrected chi connectivity index (χ2v) is 10.6. The van der Waals surface area contributed by atoms with Crippen LogP contribution in [0.2, 0.25) is 0 Å². The van der Waals surface area contributed by atoms with E-state index in [9.17, 15) is 35.9 Å². The first-order valence-corrected chi connectivity index (χ1v) is 13.3. The molecule has 0 spiro atoms. The van der Waals surface area contributed by atoms with E-state index in [2.05, 4.69) is 4.90 Å². The zero-order chi connectivity index (χ0) is 29.3. The van der Waals surface area contributed by atoms with Gasteiger partial charge in [0.1, 0.15) is 5.82 Å². The molecule has 2 aliphatic rings. The molecule has 2 aliphatic heterocycles. The van der Waals surface area contributed by atoms with Gasteiger partial charge in [-0.3, -0.25) is 4.90 Å². The molecular formula is C28H33F7N2O3. The molecule has 0 aromatic heterocycles. The predicted molar refractivity (Wildman–Crippen MR) is 133 cm³/mol. The van der Waals surface area contributed by atoms with Crippen molar-refractivity contribution in [1.82, 2.24) is 4.90 Å². The van der Waals surface area contributed by atoms with Crippen molar-refractivity contribution in [2.75, 3.05) is 45.9 Å². The van der Waals surface area contributed by atoms with Crippen LogP contribution in [0.5, 0.6) is 0 Å². The SMILES string of the molecule is CC[N+]1([O-])CCN(C[C@H]2CCO[C@H](O[C@H](C)c3cc(C(F)(F)F)cc(C(F)(F)F)c3)[C@@H]2c2ccc(F)cc2)CC1. The summed E-state index contributed by atoms with van der Waals surface area (Å²) in [7, 11) is 0. The lowest BCUT2D eigenvalue weighted by molar-refractivity contribution is -0.883. The van der Waals surface area contributed by atoms with Gasteiger partial charge in [0.25, 0.3) is 0 Å². The Balaban J connectivity index is 1.60. The number of rotatable bonds is 7. The van der Waals surface area contributed by atoms with E-state index in [-0.39, 0.29) is 28.8 Å². The lowest BCUT2D eigenvalue weighted by atomic mass is 9.81. The molecule has 0 saturated carbocycles. The zero-order valence-electron chi connectivity index (χ0n) is 22.3. The van der Waals surface area contributed by atoms with Gasteiger partial charge in [-0.15, -0.1) is 0 Å². The Morgan fingerprint density at radius 2 is 1.57 bits per heavy atom. The van der Waals surface area contributed by atoms with Gasteiger partial charge < -0.3 is 19.3 Å². The van der Waals surface area contributed by atoms with E-state index >= 15 is 0 Å². The van der Waals surface area contributed by atoms with Crippen molar-refractivity contribution in [3.8, 4) is 0 Å². The molecule has 4 atom stereocenters. The van der Waals surface area contributed by atoms with Crippen molar-refractivity contribution < 1.29 is 44.9 Å². The third-order valence-electron chi connectivity index (χ3n) is 7.96. The normalized spacial score (nSPS) is 25.1. The molecule has 0 bridgehead atoms. The minimum atomic E-state index is -4.98. The van der Waals surface area contributed by atoms with E-state index in [0.29, 0.717) is 63.4 Å². The Morgan fingerprint density at radius 3 is 2.10 bits per heavy atom. The first-order valence-electron chi connectivity index (χ1n) is 13.3. The van der Waals surface area contributed by atoms with Crippen LogP contribution in [-0.4, -0.2) is 61.7 Å². The van der Waals surface area contributed by atoms with E-state index < -0.39 is 47.6 Å². The van der Waals surface area contributed by atoms with E-state index in [0.717, 1.165) is 0 Å². The molecule has 0 aliphatic carbocycles. The lowest BCUT2D eigenvalue weighted by Crippen LogP contribution is -2.57. The summed E-state index contributed by atoms with van der Waals surface area (Å²) in [6, 6.07) is 7.13. The molecule has 2 fully saturated rings. The maximum absolute atomic E-state index is 13.7. The fourth-order valence-corrected chi connectivity index (χ4v) is 5.48. The molecule has 5 nitrogen and oxygen atoms in total. The van der Waals surface area contributed by atoms with Crippen LogP contribution in [-0.2, 0) is 21.8 Å². The number of alkyl halides is 6. The third-order valence-corrected chi connectivity index (χ3v) is 7.96. The van der Waals surface area contributed by atoms with E-state index in [4.69, 9.17) is 9.47 Å². The summed E-state index contributed by atoms with van der Waals surface area (Å²) in [5.74, 6) is -0.993. The monoisotopic (exact) mass is 578 g/mol. The molecular weight excluding hydrogens is 545 g/mol. The van der Waals surface area contributed by atoms with Crippen molar-refractivity contribution in [1.29, 1.82) is 0 Å². The molecule has 4 rings (SSSR count). The number of hydrogen-bond donors (Lipinski definition) is 0. The zero-order valence-corrected chi connectivity index (χ0v) is 22.3. The molecule has 2 saturated heterocycles. The van der Waals surface area contributed by atoms with Crippen molar-refractivity contribution in [2.45, 2.75) is 50.9 Å². The number of benzene rings is 2. The van der Waals surface area contributed by atoms with E-state index in [1.165, 1.54) is 19.1 Å². The van der Waals surface area contributed by atoms with E-state index in [1.807, 2.05) is 6.92 Å². The lowest BCUT2D eigenvalue weighted by Gasteiger charge is -2.49. The molecule has 222 valence electrons. The van der Waals surface area contributed by atoms with E-state index in [1.54, 1.807) is 12.1 Å². The fourth-order valence-electron chi connectivity index (χ4n) is 5.48. The van der Waals surface area contributed by atoms with Gasteiger partial charge in [-0.25, -0.2) is 4.39 Å². The number of halogens is 7. The molecule has 40 heavy (non-hydrogen) atoms. The minimum Gasteiger partial charge on any atom is -0.633 e. The molecule has 2 heterocycles. The first kappa shape index (κ1) is 30.7. The summed E-state index contributed by atoms with van der Waals surface area (Å²) < 4.78 is 106. The highest BCUT2D eigenvalue weighted by atomic mass is 19.4. The van der Waals surface area contributed by atoms with Gasteiger partial charge in [-0.1, -0.05) is 12.1 Å². The minimum absolute atomic E-state index is 0.0723. The standard InChI is InChI=1S/C28H33F7N2O3/c1-3-37(38)11-9-36(10-12-37)17-20-8-13-39-26(25(20)19-4-6-24(29)7-5-19)40-18(2)21-14-22(27(30,31)32)16-23(15-21)28(33,34)35/h4-7,14-16,18,20,25-26H,3,8-13,17H2,1-2H3/t18-,20-,25-,26-/m1/s1. The van der Waals surface area contributed by atoms with Gasteiger partial charge in [0, 0.05) is 25.6 Å². The van der Waals surface area contributed by atoms with Crippen molar-refractivity contribution in [2.24, 2.45) is 5.92 Å². The summed E-state index contributed by atoms with van der Waals surface area (Å²) in [4.78, 5) is 2.18. The summed E-state index contributed by atoms with van der Waals surface area (Å²) >= 11 is 0. The summed E-state index contributed by atoms with van der Waals surface area (Å²) in [5.41, 5.74) is -2.45. The largest absolute Gasteiger partial charge is 0.633 e. The number of likely N-dealkylation sites (N-methyl/N-ethyl adjacent to an activating group) is 1. The average Bonchev–Trinajstić information content (AvgIpc) is 2.90.